The second-order valence-electron chi connectivity index (χ2n) is 2.94. The second kappa shape index (κ2) is 5.17. The Morgan fingerprint density at radius 1 is 1.58 bits per heavy atom. The Morgan fingerprint density at radius 2 is 2.42 bits per heavy atom. The van der Waals surface area contributed by atoms with Gasteiger partial charge in [0.05, 0.1) is 12.3 Å². The summed E-state index contributed by atoms with van der Waals surface area (Å²) in [5, 5.41) is 0. The summed E-state index contributed by atoms with van der Waals surface area (Å²) < 4.78 is 10.5. The smallest absolute Gasteiger partial charge is 0.211 e. The van der Waals surface area contributed by atoms with Crippen LogP contribution in [0.15, 0.2) is 11.8 Å². The first-order valence-corrected chi connectivity index (χ1v) is 4.45. The lowest BCUT2D eigenvalue weighted by Gasteiger charge is -2.20. The van der Waals surface area contributed by atoms with Gasteiger partial charge in [0.1, 0.15) is 0 Å². The maximum Gasteiger partial charge on any atom is 0.211 e. The molecule has 1 atom stereocenters. The first-order valence-electron chi connectivity index (χ1n) is 4.45. The minimum atomic E-state index is -0.269. The van der Waals surface area contributed by atoms with Gasteiger partial charge >= 0.3 is 0 Å². The molecule has 0 aromatic heterocycles. The Hall–Kier alpha value is -0.540. The quantitative estimate of drug-likeness (QED) is 0.650. The Labute approximate surface area is 73.5 Å². The number of rotatable bonds is 4. The fourth-order valence-electron chi connectivity index (χ4n) is 1.28. The predicted octanol–water partition coefficient (Wildman–Crippen LogP) is 1.39. The van der Waals surface area contributed by atoms with E-state index in [1.54, 1.807) is 7.11 Å². The summed E-state index contributed by atoms with van der Waals surface area (Å²) >= 11 is 0. The van der Waals surface area contributed by atoms with E-state index in [0.717, 1.165) is 18.6 Å². The highest BCUT2D eigenvalue weighted by Gasteiger charge is 2.10. The zero-order valence-corrected chi connectivity index (χ0v) is 7.58. The summed E-state index contributed by atoms with van der Waals surface area (Å²) in [5.74, 6) is 1.04. The van der Waals surface area contributed by atoms with Crippen LogP contribution in [-0.4, -0.2) is 19.9 Å². The first-order chi connectivity index (χ1) is 5.86. The lowest BCUT2D eigenvalue weighted by Crippen LogP contribution is -2.25. The van der Waals surface area contributed by atoms with Gasteiger partial charge < -0.3 is 15.2 Å². The Morgan fingerprint density at radius 3 is 2.92 bits per heavy atom. The van der Waals surface area contributed by atoms with Gasteiger partial charge in [0.2, 0.25) is 6.29 Å². The summed E-state index contributed by atoms with van der Waals surface area (Å²) in [7, 11) is 1.61. The topological polar surface area (TPSA) is 44.5 Å². The largest absolute Gasteiger partial charge is 0.468 e. The second-order valence-corrected chi connectivity index (χ2v) is 2.94. The van der Waals surface area contributed by atoms with Crippen LogP contribution in [0.25, 0.3) is 0 Å². The number of hydrogen-bond donors (Lipinski definition) is 1. The van der Waals surface area contributed by atoms with Gasteiger partial charge in [-0.15, -0.1) is 0 Å². The van der Waals surface area contributed by atoms with Crippen molar-refractivity contribution in [2.75, 3.05) is 13.7 Å². The summed E-state index contributed by atoms with van der Waals surface area (Å²) in [6.07, 6.45) is 6.50. The van der Waals surface area contributed by atoms with E-state index in [1.165, 1.54) is 12.8 Å². The molecule has 0 aromatic carbocycles. The van der Waals surface area contributed by atoms with Crippen molar-refractivity contribution in [1.29, 1.82) is 0 Å². The van der Waals surface area contributed by atoms with Crippen LogP contribution in [0.3, 0.4) is 0 Å². The van der Waals surface area contributed by atoms with Crippen molar-refractivity contribution in [3.63, 3.8) is 0 Å². The minimum Gasteiger partial charge on any atom is -0.468 e. The van der Waals surface area contributed by atoms with E-state index in [2.05, 4.69) is 6.08 Å². The molecule has 1 rings (SSSR count). The molecule has 0 bridgehead atoms. The molecule has 0 aliphatic heterocycles. The molecule has 2 N–H and O–H groups in total. The summed E-state index contributed by atoms with van der Waals surface area (Å²) in [4.78, 5) is 0. The van der Waals surface area contributed by atoms with E-state index >= 15 is 0 Å². The highest BCUT2D eigenvalue weighted by Crippen LogP contribution is 2.19. The maximum atomic E-state index is 5.50. The van der Waals surface area contributed by atoms with E-state index in [9.17, 15) is 0 Å². The van der Waals surface area contributed by atoms with Crippen molar-refractivity contribution in [2.24, 2.45) is 5.73 Å². The number of methoxy groups -OCH3 is 1. The molecular formula is C9H17NO2. The van der Waals surface area contributed by atoms with Gasteiger partial charge in [-0.1, -0.05) is 0 Å². The zero-order valence-electron chi connectivity index (χ0n) is 7.58. The van der Waals surface area contributed by atoms with Gasteiger partial charge in [-0.2, -0.15) is 0 Å². The molecule has 0 saturated carbocycles. The van der Waals surface area contributed by atoms with Gasteiger partial charge in [-0.05, 0) is 25.3 Å². The molecule has 1 aliphatic carbocycles. The van der Waals surface area contributed by atoms with Crippen molar-refractivity contribution >= 4 is 0 Å². The van der Waals surface area contributed by atoms with Crippen molar-refractivity contribution < 1.29 is 9.47 Å². The van der Waals surface area contributed by atoms with Crippen molar-refractivity contribution in [3.8, 4) is 0 Å². The van der Waals surface area contributed by atoms with Crippen LogP contribution < -0.4 is 5.73 Å². The minimum absolute atomic E-state index is 0.269. The molecule has 0 amide bonds. The van der Waals surface area contributed by atoms with Crippen LogP contribution in [0.5, 0.6) is 0 Å². The number of nitrogens with two attached hydrogens (primary N) is 1. The van der Waals surface area contributed by atoms with Gasteiger partial charge in [0.15, 0.2) is 0 Å². The van der Waals surface area contributed by atoms with E-state index < -0.39 is 0 Å². The molecule has 0 radical (unpaired) electrons. The Bertz CT molecular complexity index is 153. The van der Waals surface area contributed by atoms with E-state index in [-0.39, 0.29) is 6.29 Å². The Kier molecular flexibility index (Phi) is 4.11. The lowest BCUT2D eigenvalue weighted by atomic mass is 10.1. The van der Waals surface area contributed by atoms with Crippen LogP contribution >= 0.6 is 0 Å². The average molecular weight is 171 g/mol. The van der Waals surface area contributed by atoms with Gasteiger partial charge in [0, 0.05) is 13.5 Å². The van der Waals surface area contributed by atoms with Crippen LogP contribution in [0, 0.1) is 0 Å². The standard InChI is InChI=1S/C9H17NO2/c1-11-9(7-10)12-8-5-3-2-4-6-8/h5,9H,2-4,6-7,10H2,1H3. The zero-order chi connectivity index (χ0) is 8.81. The van der Waals surface area contributed by atoms with E-state index in [1.807, 2.05) is 0 Å². The van der Waals surface area contributed by atoms with Crippen LogP contribution in [0.1, 0.15) is 25.7 Å². The maximum absolute atomic E-state index is 5.50. The molecular weight excluding hydrogens is 154 g/mol. The molecule has 1 aliphatic rings. The van der Waals surface area contributed by atoms with Gasteiger partial charge in [-0.25, -0.2) is 0 Å². The fourth-order valence-corrected chi connectivity index (χ4v) is 1.28. The van der Waals surface area contributed by atoms with Gasteiger partial charge in [0.25, 0.3) is 0 Å². The first kappa shape index (κ1) is 9.55. The monoisotopic (exact) mass is 171 g/mol. The molecule has 0 spiro atoms. The predicted molar refractivity (Wildman–Crippen MR) is 47.5 cm³/mol. The van der Waals surface area contributed by atoms with E-state index in [0.29, 0.717) is 6.54 Å². The fraction of sp³-hybridized carbons (Fsp3) is 0.778. The molecule has 0 saturated heterocycles. The van der Waals surface area contributed by atoms with Gasteiger partial charge in [-0.3, -0.25) is 0 Å². The van der Waals surface area contributed by atoms with E-state index in [4.69, 9.17) is 15.2 Å². The van der Waals surface area contributed by atoms with Crippen molar-refractivity contribution in [3.05, 3.63) is 11.8 Å². The molecule has 12 heavy (non-hydrogen) atoms. The SMILES string of the molecule is COC(CN)OC1=CCCCC1. The third kappa shape index (κ3) is 2.83. The highest BCUT2D eigenvalue weighted by atomic mass is 16.7. The van der Waals surface area contributed by atoms with Crippen LogP contribution in [0.2, 0.25) is 0 Å². The third-order valence-corrected chi connectivity index (χ3v) is 1.99. The van der Waals surface area contributed by atoms with Crippen molar-refractivity contribution in [1.82, 2.24) is 0 Å². The molecule has 0 heterocycles. The highest BCUT2D eigenvalue weighted by molar-refractivity contribution is 4.96. The lowest BCUT2D eigenvalue weighted by molar-refractivity contribution is -0.0896. The summed E-state index contributed by atoms with van der Waals surface area (Å²) in [6, 6.07) is 0. The van der Waals surface area contributed by atoms with Crippen LogP contribution in [0.4, 0.5) is 0 Å². The molecule has 0 aromatic rings. The number of ether oxygens (including phenoxy) is 2. The molecule has 3 nitrogen and oxygen atoms in total. The third-order valence-electron chi connectivity index (χ3n) is 1.99. The summed E-state index contributed by atoms with van der Waals surface area (Å²) in [6.45, 7) is 0.411. The number of hydrogen-bond acceptors (Lipinski definition) is 3. The van der Waals surface area contributed by atoms with Crippen molar-refractivity contribution in [2.45, 2.75) is 32.0 Å². The molecule has 70 valence electrons. The number of allylic oxidation sites excluding steroid dienone is 2. The Balaban J connectivity index is 2.32. The molecule has 3 heteroatoms. The normalized spacial score (nSPS) is 20.0. The molecule has 1 unspecified atom stereocenters. The average Bonchev–Trinajstić information content (AvgIpc) is 2.16. The van der Waals surface area contributed by atoms with Crippen LogP contribution in [-0.2, 0) is 9.47 Å². The summed E-state index contributed by atoms with van der Waals surface area (Å²) in [5.41, 5.74) is 5.42. The molecule has 0 fully saturated rings.